The van der Waals surface area contributed by atoms with Crippen molar-refractivity contribution < 1.29 is 0 Å². The van der Waals surface area contributed by atoms with Crippen LogP contribution < -0.4 is 10.5 Å². The highest BCUT2D eigenvalue weighted by Gasteiger charge is 2.30. The average molecular weight is 321 g/mol. The van der Waals surface area contributed by atoms with Crippen molar-refractivity contribution in [2.75, 3.05) is 11.4 Å². The molecule has 3 aromatic rings. The minimum Gasteiger partial charge on any atom is -0.345 e. The van der Waals surface area contributed by atoms with E-state index in [4.69, 9.17) is 4.98 Å². The zero-order valence-electron chi connectivity index (χ0n) is 13.8. The first-order valence-electron chi connectivity index (χ1n) is 8.18. The maximum absolute atomic E-state index is 12.7. The normalized spacial score (nSPS) is 17.6. The quantitative estimate of drug-likeness (QED) is 0.725. The van der Waals surface area contributed by atoms with E-state index in [2.05, 4.69) is 15.1 Å². The van der Waals surface area contributed by atoms with Gasteiger partial charge in [0.2, 0.25) is 0 Å². The summed E-state index contributed by atoms with van der Waals surface area (Å²) < 4.78 is 1.67. The number of aryl methyl sites for hydroxylation is 1. The lowest BCUT2D eigenvalue weighted by molar-refractivity contribution is 0.605. The van der Waals surface area contributed by atoms with Crippen LogP contribution in [0.5, 0.6) is 0 Å². The fourth-order valence-corrected chi connectivity index (χ4v) is 3.39. The second-order valence-electron chi connectivity index (χ2n) is 6.24. The number of hydrogen-bond acceptors (Lipinski definition) is 5. The Kier molecular flexibility index (Phi) is 3.52. The maximum Gasteiger partial charge on any atom is 0.261 e. The van der Waals surface area contributed by atoms with Crippen molar-refractivity contribution in [2.45, 2.75) is 25.8 Å². The monoisotopic (exact) mass is 321 g/mol. The Morgan fingerprint density at radius 3 is 2.75 bits per heavy atom. The molecule has 1 unspecified atom stereocenters. The van der Waals surface area contributed by atoms with Crippen LogP contribution in [-0.4, -0.2) is 26.3 Å². The number of anilines is 1. The molecule has 6 heteroatoms. The van der Waals surface area contributed by atoms with E-state index in [0.29, 0.717) is 5.39 Å². The van der Waals surface area contributed by atoms with Gasteiger partial charge in [-0.15, -0.1) is 5.10 Å². The zero-order chi connectivity index (χ0) is 16.7. The molecule has 0 spiro atoms. The number of fused-ring (bicyclic) bond motifs is 1. The van der Waals surface area contributed by atoms with E-state index in [1.807, 2.05) is 43.3 Å². The van der Waals surface area contributed by atoms with Crippen molar-refractivity contribution in [3.05, 3.63) is 58.3 Å². The smallest absolute Gasteiger partial charge is 0.261 e. The number of aromatic nitrogens is 4. The lowest BCUT2D eigenvalue weighted by atomic mass is 10.1. The molecule has 1 aromatic carbocycles. The summed E-state index contributed by atoms with van der Waals surface area (Å²) in [6.45, 7) is 2.82. The van der Waals surface area contributed by atoms with Gasteiger partial charge in [-0.1, -0.05) is 12.1 Å². The van der Waals surface area contributed by atoms with Crippen molar-refractivity contribution in [3.8, 4) is 0 Å². The molecule has 1 aliphatic rings. The number of rotatable bonds is 2. The molecule has 122 valence electrons. The maximum atomic E-state index is 12.7. The number of nitrogens with zero attached hydrogens (tertiary/aromatic N) is 5. The highest BCUT2D eigenvalue weighted by Crippen LogP contribution is 2.33. The highest BCUT2D eigenvalue weighted by molar-refractivity contribution is 5.77. The van der Waals surface area contributed by atoms with E-state index in [-0.39, 0.29) is 11.6 Å². The van der Waals surface area contributed by atoms with Crippen molar-refractivity contribution in [1.29, 1.82) is 0 Å². The predicted octanol–water partition coefficient (Wildman–Crippen LogP) is 2.37. The fraction of sp³-hybridized carbons (Fsp3) is 0.333. The van der Waals surface area contributed by atoms with Gasteiger partial charge in [-0.2, -0.15) is 5.10 Å². The van der Waals surface area contributed by atoms with Crippen LogP contribution in [0.2, 0.25) is 0 Å². The lowest BCUT2D eigenvalue weighted by Crippen LogP contribution is -2.31. The molecule has 0 radical (unpaired) electrons. The Balaban J connectivity index is 1.82. The van der Waals surface area contributed by atoms with Gasteiger partial charge >= 0.3 is 0 Å². The van der Waals surface area contributed by atoms with E-state index >= 15 is 0 Å². The van der Waals surface area contributed by atoms with Crippen LogP contribution in [0.1, 0.15) is 30.4 Å². The van der Waals surface area contributed by atoms with Gasteiger partial charge in [-0.25, -0.2) is 4.98 Å². The van der Waals surface area contributed by atoms with E-state index in [9.17, 15) is 4.79 Å². The van der Waals surface area contributed by atoms with E-state index < -0.39 is 0 Å². The number of hydrogen-bond donors (Lipinski definition) is 0. The van der Waals surface area contributed by atoms with Crippen LogP contribution in [0.25, 0.3) is 10.9 Å². The molecule has 0 bridgehead atoms. The second-order valence-corrected chi connectivity index (χ2v) is 6.24. The molecule has 0 N–H and O–H groups in total. The molecular weight excluding hydrogens is 302 g/mol. The van der Waals surface area contributed by atoms with E-state index in [1.165, 1.54) is 0 Å². The molecule has 4 rings (SSSR count). The molecule has 1 aliphatic heterocycles. The van der Waals surface area contributed by atoms with Gasteiger partial charge in [0.25, 0.3) is 5.56 Å². The second kappa shape index (κ2) is 5.70. The largest absolute Gasteiger partial charge is 0.345 e. The van der Waals surface area contributed by atoms with Crippen LogP contribution >= 0.6 is 0 Å². The fourth-order valence-electron chi connectivity index (χ4n) is 3.39. The molecule has 3 heterocycles. The third-order valence-corrected chi connectivity index (χ3v) is 4.65. The van der Waals surface area contributed by atoms with Crippen LogP contribution in [0.4, 0.5) is 5.82 Å². The van der Waals surface area contributed by atoms with Crippen molar-refractivity contribution in [2.24, 2.45) is 7.05 Å². The third-order valence-electron chi connectivity index (χ3n) is 4.65. The first-order valence-corrected chi connectivity index (χ1v) is 8.18. The van der Waals surface area contributed by atoms with Gasteiger partial charge < -0.3 is 4.90 Å². The molecule has 24 heavy (non-hydrogen) atoms. The Morgan fingerprint density at radius 1 is 1.12 bits per heavy atom. The van der Waals surface area contributed by atoms with E-state index in [1.54, 1.807) is 11.6 Å². The Morgan fingerprint density at radius 2 is 1.96 bits per heavy atom. The minimum absolute atomic E-state index is 0.00237. The van der Waals surface area contributed by atoms with Crippen molar-refractivity contribution in [3.63, 3.8) is 0 Å². The molecule has 1 atom stereocenters. The zero-order valence-corrected chi connectivity index (χ0v) is 13.8. The molecule has 0 aliphatic carbocycles. The van der Waals surface area contributed by atoms with Crippen molar-refractivity contribution >= 4 is 16.7 Å². The topological polar surface area (TPSA) is 63.9 Å². The molecule has 1 fully saturated rings. The van der Waals surface area contributed by atoms with Gasteiger partial charge in [0.15, 0.2) is 5.82 Å². The molecule has 0 amide bonds. The van der Waals surface area contributed by atoms with Crippen LogP contribution in [0.15, 0.2) is 41.2 Å². The van der Waals surface area contributed by atoms with Gasteiger partial charge in [0.1, 0.15) is 5.82 Å². The summed E-state index contributed by atoms with van der Waals surface area (Å²) in [5.41, 5.74) is 1.64. The standard InChI is InChI=1S/C18H19N5O/c1-12-9-10-16(21-20-12)23-11-5-8-15(23)17-19-14-7-4-3-6-13(14)18(24)22(17)2/h3-4,6-7,9-10,15H,5,8,11H2,1-2H3. The van der Waals surface area contributed by atoms with Gasteiger partial charge in [0.05, 0.1) is 22.6 Å². The average Bonchev–Trinajstić information content (AvgIpc) is 3.08. The summed E-state index contributed by atoms with van der Waals surface area (Å²) in [6, 6.07) is 11.5. The number of para-hydroxylation sites is 1. The molecular formula is C18H19N5O. The lowest BCUT2D eigenvalue weighted by Gasteiger charge is -2.26. The summed E-state index contributed by atoms with van der Waals surface area (Å²) >= 11 is 0. The van der Waals surface area contributed by atoms with Crippen LogP contribution in [0.3, 0.4) is 0 Å². The summed E-state index contributed by atoms with van der Waals surface area (Å²) in [6.07, 6.45) is 2.00. The first kappa shape index (κ1) is 14.8. The third kappa shape index (κ3) is 2.35. The van der Waals surface area contributed by atoms with Crippen LogP contribution in [-0.2, 0) is 7.05 Å². The molecule has 0 saturated carbocycles. The number of benzene rings is 1. The predicted molar refractivity (Wildman–Crippen MR) is 93.1 cm³/mol. The summed E-state index contributed by atoms with van der Waals surface area (Å²) in [5, 5.41) is 9.13. The summed E-state index contributed by atoms with van der Waals surface area (Å²) in [5.74, 6) is 1.63. The Labute approximate surface area is 139 Å². The van der Waals surface area contributed by atoms with Crippen molar-refractivity contribution in [1.82, 2.24) is 19.7 Å². The first-order chi connectivity index (χ1) is 11.6. The molecule has 1 saturated heterocycles. The summed E-state index contributed by atoms with van der Waals surface area (Å²) in [7, 11) is 1.80. The van der Waals surface area contributed by atoms with Gasteiger partial charge in [-0.3, -0.25) is 9.36 Å². The minimum atomic E-state index is -0.00237. The SMILES string of the molecule is Cc1ccc(N2CCCC2c2nc3ccccc3c(=O)n2C)nn1. The summed E-state index contributed by atoms with van der Waals surface area (Å²) in [4.78, 5) is 19.7. The van der Waals surface area contributed by atoms with Gasteiger partial charge in [0, 0.05) is 13.6 Å². The molecule has 6 nitrogen and oxygen atoms in total. The molecule has 2 aromatic heterocycles. The van der Waals surface area contributed by atoms with E-state index in [0.717, 1.165) is 42.2 Å². The Hall–Kier alpha value is -2.76. The van der Waals surface area contributed by atoms with Gasteiger partial charge in [-0.05, 0) is 44.0 Å². The van der Waals surface area contributed by atoms with Crippen LogP contribution in [0, 0.1) is 6.92 Å². The Bertz CT molecular complexity index is 948. The highest BCUT2D eigenvalue weighted by atomic mass is 16.1.